The average Bonchev–Trinajstić information content (AvgIpc) is 3.21. The second-order valence-corrected chi connectivity index (χ2v) is 6.76. The van der Waals surface area contributed by atoms with Crippen LogP contribution in [0.3, 0.4) is 0 Å². The van der Waals surface area contributed by atoms with Gasteiger partial charge in [-0.1, -0.05) is 50.4 Å². The minimum atomic E-state index is -0.279. The Balaban J connectivity index is 1.88. The van der Waals surface area contributed by atoms with Crippen molar-refractivity contribution >= 4 is 17.5 Å². The van der Waals surface area contributed by atoms with Gasteiger partial charge in [0.25, 0.3) is 0 Å². The number of carbonyl (C=O) groups excluding carboxylic acids is 1. The summed E-state index contributed by atoms with van der Waals surface area (Å²) in [6, 6.07) is 7.85. The molecule has 1 aliphatic heterocycles. The molecule has 1 spiro atoms. The summed E-state index contributed by atoms with van der Waals surface area (Å²) in [5, 5.41) is 4.28. The van der Waals surface area contributed by atoms with Gasteiger partial charge in [0.05, 0.1) is 0 Å². The van der Waals surface area contributed by atoms with Crippen molar-refractivity contribution in [1.29, 1.82) is 0 Å². The summed E-state index contributed by atoms with van der Waals surface area (Å²) < 4.78 is 0. The summed E-state index contributed by atoms with van der Waals surface area (Å²) in [5.41, 5.74) is 0.810. The normalized spacial score (nSPS) is 23.3. The smallest absolute Gasteiger partial charge is 0.244 e. The molecule has 1 aromatic carbocycles. The summed E-state index contributed by atoms with van der Waals surface area (Å²) >= 11 is 6.12. The van der Waals surface area contributed by atoms with E-state index in [9.17, 15) is 4.79 Å². The molecule has 4 heteroatoms. The van der Waals surface area contributed by atoms with Crippen LogP contribution in [0, 0.1) is 5.92 Å². The third-order valence-electron chi connectivity index (χ3n) is 4.92. The molecule has 1 aliphatic carbocycles. The molecule has 2 fully saturated rings. The van der Waals surface area contributed by atoms with E-state index in [-0.39, 0.29) is 17.6 Å². The van der Waals surface area contributed by atoms with E-state index in [0.29, 0.717) is 5.92 Å². The molecule has 1 saturated carbocycles. The van der Waals surface area contributed by atoms with Gasteiger partial charge >= 0.3 is 0 Å². The molecule has 1 aromatic rings. The highest BCUT2D eigenvalue weighted by Crippen LogP contribution is 2.46. The van der Waals surface area contributed by atoms with Crippen molar-refractivity contribution in [2.75, 3.05) is 6.54 Å². The first-order valence-electron chi connectivity index (χ1n) is 7.94. The van der Waals surface area contributed by atoms with Gasteiger partial charge in [-0.25, -0.2) is 0 Å². The zero-order valence-corrected chi connectivity index (χ0v) is 13.5. The van der Waals surface area contributed by atoms with E-state index < -0.39 is 0 Å². The van der Waals surface area contributed by atoms with Crippen molar-refractivity contribution in [3.8, 4) is 0 Å². The number of nitrogens with zero attached hydrogens (tertiary/aromatic N) is 1. The largest absolute Gasteiger partial charge is 0.321 e. The van der Waals surface area contributed by atoms with Crippen LogP contribution in [0.15, 0.2) is 24.3 Å². The van der Waals surface area contributed by atoms with Gasteiger partial charge in [0.1, 0.15) is 11.7 Å². The average molecular weight is 307 g/mol. The Morgan fingerprint density at radius 1 is 1.38 bits per heavy atom. The van der Waals surface area contributed by atoms with Crippen LogP contribution in [0.25, 0.3) is 0 Å². The topological polar surface area (TPSA) is 32.3 Å². The molecule has 0 radical (unpaired) electrons. The second kappa shape index (κ2) is 5.62. The first-order valence-corrected chi connectivity index (χ1v) is 8.31. The maximum Gasteiger partial charge on any atom is 0.244 e. The highest BCUT2D eigenvalue weighted by atomic mass is 35.5. The molecule has 3 nitrogen and oxygen atoms in total. The maximum absolute atomic E-state index is 12.8. The van der Waals surface area contributed by atoms with Crippen molar-refractivity contribution in [3.63, 3.8) is 0 Å². The van der Waals surface area contributed by atoms with Crippen LogP contribution in [0.5, 0.6) is 0 Å². The predicted molar refractivity (Wildman–Crippen MR) is 85.1 cm³/mol. The third-order valence-corrected chi connectivity index (χ3v) is 5.15. The van der Waals surface area contributed by atoms with Crippen LogP contribution in [0.1, 0.15) is 51.3 Å². The molecule has 1 saturated heterocycles. The van der Waals surface area contributed by atoms with E-state index in [1.54, 1.807) is 0 Å². The number of nitrogens with one attached hydrogen (secondary N) is 1. The Hall–Kier alpha value is -1.06. The lowest BCUT2D eigenvalue weighted by atomic mass is 10.0. The summed E-state index contributed by atoms with van der Waals surface area (Å²) in [7, 11) is 0. The molecule has 114 valence electrons. The van der Waals surface area contributed by atoms with Crippen molar-refractivity contribution in [2.24, 2.45) is 5.92 Å². The van der Waals surface area contributed by atoms with Crippen molar-refractivity contribution in [3.05, 3.63) is 34.9 Å². The summed E-state index contributed by atoms with van der Waals surface area (Å²) in [5.74, 6) is 0.839. The van der Waals surface area contributed by atoms with Crippen LogP contribution in [0.4, 0.5) is 0 Å². The van der Waals surface area contributed by atoms with Crippen molar-refractivity contribution < 1.29 is 4.79 Å². The fourth-order valence-corrected chi connectivity index (χ4v) is 3.43. The summed E-state index contributed by atoms with van der Waals surface area (Å²) in [4.78, 5) is 14.8. The molecule has 2 aliphatic rings. The van der Waals surface area contributed by atoms with E-state index >= 15 is 0 Å². The van der Waals surface area contributed by atoms with Crippen LogP contribution in [0.2, 0.25) is 5.02 Å². The fraction of sp³-hybridized carbons (Fsp3) is 0.588. The van der Waals surface area contributed by atoms with E-state index in [2.05, 4.69) is 25.2 Å². The van der Waals surface area contributed by atoms with Gasteiger partial charge in [0, 0.05) is 11.6 Å². The van der Waals surface area contributed by atoms with E-state index in [1.165, 1.54) is 0 Å². The zero-order valence-electron chi connectivity index (χ0n) is 12.7. The number of carbonyl (C=O) groups is 1. The molecule has 1 atom stereocenters. The Labute approximate surface area is 131 Å². The molecule has 0 aromatic heterocycles. The van der Waals surface area contributed by atoms with E-state index in [1.807, 2.05) is 23.1 Å². The van der Waals surface area contributed by atoms with E-state index in [4.69, 9.17) is 11.6 Å². The second-order valence-electron chi connectivity index (χ2n) is 6.32. The van der Waals surface area contributed by atoms with Crippen molar-refractivity contribution in [1.82, 2.24) is 10.2 Å². The summed E-state index contributed by atoms with van der Waals surface area (Å²) in [6.07, 6.45) is 4.11. The quantitative estimate of drug-likeness (QED) is 0.899. The minimum Gasteiger partial charge on any atom is -0.321 e. The fourth-order valence-electron chi connectivity index (χ4n) is 3.23. The standard InChI is InChI=1S/C17H23ClN2O/c1-3-12(4-2)11-20-15(13-6-5-7-14(18)10-13)19-17(8-9-17)16(20)21/h5-7,10,12,15,19H,3-4,8-9,11H2,1-2H3. The molecule has 3 rings (SSSR count). The first kappa shape index (κ1) is 14.9. The Kier molecular flexibility index (Phi) is 3.98. The Morgan fingerprint density at radius 3 is 2.67 bits per heavy atom. The molecule has 1 heterocycles. The summed E-state index contributed by atoms with van der Waals surface area (Å²) in [6.45, 7) is 5.23. The predicted octanol–water partition coefficient (Wildman–Crippen LogP) is 3.74. The Morgan fingerprint density at radius 2 is 2.10 bits per heavy atom. The molecule has 1 unspecified atom stereocenters. The SMILES string of the molecule is CCC(CC)CN1C(=O)C2(CC2)NC1c1cccc(Cl)c1. The van der Waals surface area contributed by atoms with Gasteiger partial charge < -0.3 is 4.90 Å². The molecular weight excluding hydrogens is 284 g/mol. The lowest BCUT2D eigenvalue weighted by molar-refractivity contribution is -0.131. The Bertz CT molecular complexity index is 537. The van der Waals surface area contributed by atoms with Gasteiger partial charge in [0.2, 0.25) is 5.91 Å². The zero-order chi connectivity index (χ0) is 15.0. The van der Waals surface area contributed by atoms with Crippen LogP contribution in [-0.2, 0) is 4.79 Å². The number of amides is 1. The van der Waals surface area contributed by atoms with Crippen LogP contribution in [-0.4, -0.2) is 22.9 Å². The molecule has 1 N–H and O–H groups in total. The van der Waals surface area contributed by atoms with Gasteiger partial charge in [0.15, 0.2) is 0 Å². The molecule has 1 amide bonds. The number of benzene rings is 1. The molecule has 21 heavy (non-hydrogen) atoms. The number of rotatable bonds is 5. The van der Waals surface area contributed by atoms with Crippen molar-refractivity contribution in [2.45, 2.75) is 51.2 Å². The third kappa shape index (κ3) is 2.69. The molecular formula is C17H23ClN2O. The lowest BCUT2D eigenvalue weighted by Gasteiger charge is -2.28. The van der Waals surface area contributed by atoms with Crippen LogP contribution >= 0.6 is 11.6 Å². The monoisotopic (exact) mass is 306 g/mol. The highest BCUT2D eigenvalue weighted by molar-refractivity contribution is 6.30. The number of hydrogen-bond donors (Lipinski definition) is 1. The van der Waals surface area contributed by atoms with Gasteiger partial charge in [-0.05, 0) is 36.5 Å². The maximum atomic E-state index is 12.8. The number of hydrogen-bond acceptors (Lipinski definition) is 2. The van der Waals surface area contributed by atoms with Gasteiger partial charge in [-0.2, -0.15) is 0 Å². The van der Waals surface area contributed by atoms with E-state index in [0.717, 1.165) is 42.8 Å². The van der Waals surface area contributed by atoms with Gasteiger partial charge in [-0.15, -0.1) is 0 Å². The number of halogens is 1. The lowest BCUT2D eigenvalue weighted by Crippen LogP contribution is -2.35. The highest BCUT2D eigenvalue weighted by Gasteiger charge is 2.59. The van der Waals surface area contributed by atoms with Gasteiger partial charge in [-0.3, -0.25) is 10.1 Å². The first-order chi connectivity index (χ1) is 10.1. The van der Waals surface area contributed by atoms with Crippen LogP contribution < -0.4 is 5.32 Å². The minimum absolute atomic E-state index is 0.0284. The molecule has 0 bridgehead atoms.